The number of aliphatic hydroxyl groups excluding tert-OH is 1. The highest BCUT2D eigenvalue weighted by molar-refractivity contribution is 5.65. The van der Waals surface area contributed by atoms with Crippen molar-refractivity contribution < 1.29 is 41.4 Å². The Hall–Kier alpha value is -2.23. The van der Waals surface area contributed by atoms with Crippen LogP contribution in [0.25, 0.3) is 0 Å². The molecule has 128 valence electrons. The lowest BCUT2D eigenvalue weighted by atomic mass is 9.97. The van der Waals surface area contributed by atoms with Crippen molar-refractivity contribution in [2.45, 2.75) is 24.5 Å². The molecule has 4 nitrogen and oxygen atoms in total. The van der Waals surface area contributed by atoms with E-state index in [0.717, 1.165) is 6.08 Å². The molecular formula is C13H11F6NO3. The van der Waals surface area contributed by atoms with E-state index in [0.29, 0.717) is 12.1 Å². The zero-order valence-electron chi connectivity index (χ0n) is 11.2. The number of hydrogen-bond donors (Lipinski definition) is 3. The molecule has 0 fully saturated rings. The van der Waals surface area contributed by atoms with Gasteiger partial charge >= 0.3 is 18.4 Å². The number of benzene rings is 1. The van der Waals surface area contributed by atoms with Gasteiger partial charge in [-0.1, -0.05) is 6.08 Å². The lowest BCUT2D eigenvalue weighted by molar-refractivity contribution is -0.143. The van der Waals surface area contributed by atoms with Crippen LogP contribution >= 0.6 is 0 Å². The van der Waals surface area contributed by atoms with E-state index in [-0.39, 0.29) is 6.07 Å². The molecule has 2 unspecified atom stereocenters. The quantitative estimate of drug-likeness (QED) is 0.578. The van der Waals surface area contributed by atoms with Gasteiger partial charge in [0.2, 0.25) is 0 Å². The molecule has 0 saturated carbocycles. The van der Waals surface area contributed by atoms with Gasteiger partial charge in [-0.25, -0.2) is 4.79 Å². The predicted octanol–water partition coefficient (Wildman–Crippen LogP) is 3.58. The number of alkyl halides is 6. The summed E-state index contributed by atoms with van der Waals surface area (Å²) >= 11 is 0. The van der Waals surface area contributed by atoms with Crippen molar-refractivity contribution in [3.8, 4) is 0 Å². The fourth-order valence-corrected chi connectivity index (χ4v) is 1.77. The maximum atomic E-state index is 12.7. The minimum absolute atomic E-state index is 0.0935. The van der Waals surface area contributed by atoms with Gasteiger partial charge in [-0.15, -0.1) is 6.58 Å². The second-order valence-electron chi connectivity index (χ2n) is 4.50. The van der Waals surface area contributed by atoms with E-state index >= 15 is 0 Å². The first-order chi connectivity index (χ1) is 10.4. The van der Waals surface area contributed by atoms with Crippen molar-refractivity contribution in [1.82, 2.24) is 5.32 Å². The fourth-order valence-electron chi connectivity index (χ4n) is 1.77. The molecule has 2 atom stereocenters. The average Bonchev–Trinajstić information content (AvgIpc) is 2.41. The van der Waals surface area contributed by atoms with Crippen LogP contribution in [-0.4, -0.2) is 22.3 Å². The smallest absolute Gasteiger partial charge is 0.416 e. The van der Waals surface area contributed by atoms with Crippen molar-refractivity contribution in [2.75, 3.05) is 0 Å². The molecule has 1 amide bonds. The lowest BCUT2D eigenvalue weighted by Gasteiger charge is -2.22. The minimum Gasteiger partial charge on any atom is -0.465 e. The van der Waals surface area contributed by atoms with Gasteiger partial charge < -0.3 is 15.5 Å². The number of halogens is 6. The molecule has 0 heterocycles. The molecule has 0 aliphatic carbocycles. The zero-order valence-corrected chi connectivity index (χ0v) is 11.2. The summed E-state index contributed by atoms with van der Waals surface area (Å²) in [6, 6.07) is -0.944. The second kappa shape index (κ2) is 6.49. The van der Waals surface area contributed by atoms with Gasteiger partial charge in [-0.2, -0.15) is 26.3 Å². The average molecular weight is 343 g/mol. The van der Waals surface area contributed by atoms with Crippen molar-refractivity contribution in [2.24, 2.45) is 0 Å². The molecule has 0 radical (unpaired) electrons. The van der Waals surface area contributed by atoms with E-state index in [2.05, 4.69) is 6.58 Å². The Morgan fingerprint density at radius 3 is 1.83 bits per heavy atom. The minimum atomic E-state index is -5.07. The Balaban J connectivity index is 3.39. The van der Waals surface area contributed by atoms with Crippen molar-refractivity contribution >= 4 is 6.09 Å². The van der Waals surface area contributed by atoms with E-state index in [1.54, 1.807) is 5.32 Å². The molecule has 3 N–H and O–H groups in total. The Bertz CT molecular complexity index is 564. The fraction of sp³-hybridized carbons (Fsp3) is 0.308. The number of amides is 1. The largest absolute Gasteiger partial charge is 0.465 e. The summed E-state index contributed by atoms with van der Waals surface area (Å²) in [5, 5.41) is 20.2. The van der Waals surface area contributed by atoms with E-state index in [4.69, 9.17) is 5.11 Å². The lowest BCUT2D eigenvalue weighted by Crippen LogP contribution is -2.37. The van der Waals surface area contributed by atoms with Crippen LogP contribution in [0.4, 0.5) is 31.1 Å². The van der Waals surface area contributed by atoms with Crippen LogP contribution in [-0.2, 0) is 12.4 Å². The molecule has 23 heavy (non-hydrogen) atoms. The maximum Gasteiger partial charge on any atom is 0.416 e. The molecule has 0 saturated heterocycles. The second-order valence-corrected chi connectivity index (χ2v) is 4.50. The molecule has 0 aliphatic rings. The Morgan fingerprint density at radius 1 is 1.09 bits per heavy atom. The summed E-state index contributed by atoms with van der Waals surface area (Å²) in [7, 11) is 0. The monoisotopic (exact) mass is 343 g/mol. The number of aliphatic hydroxyl groups is 1. The molecule has 1 aromatic carbocycles. The first-order valence-electron chi connectivity index (χ1n) is 5.95. The first kappa shape index (κ1) is 18.8. The third-order valence-corrected chi connectivity index (χ3v) is 2.84. The summed E-state index contributed by atoms with van der Waals surface area (Å²) in [6.45, 7) is 3.17. The Labute approximate surface area is 126 Å². The number of hydrogen-bond acceptors (Lipinski definition) is 2. The molecule has 0 aliphatic heterocycles. The zero-order chi connectivity index (χ0) is 18.0. The summed E-state index contributed by atoms with van der Waals surface area (Å²) in [5.74, 6) is 0. The highest BCUT2D eigenvalue weighted by Gasteiger charge is 2.38. The molecule has 1 aromatic rings. The van der Waals surface area contributed by atoms with Crippen LogP contribution in [0.2, 0.25) is 0 Å². The first-order valence-corrected chi connectivity index (χ1v) is 5.95. The number of carboxylic acid groups (broad SMARTS) is 1. The number of nitrogens with one attached hydrogen (secondary N) is 1. The van der Waals surface area contributed by atoms with E-state index < -0.39 is 47.3 Å². The van der Waals surface area contributed by atoms with Gasteiger partial charge in [-0.05, 0) is 23.8 Å². The molecule has 0 aromatic heterocycles. The molecule has 0 bridgehead atoms. The topological polar surface area (TPSA) is 69.6 Å². The third-order valence-electron chi connectivity index (χ3n) is 2.84. The van der Waals surface area contributed by atoms with Crippen LogP contribution in [0.15, 0.2) is 30.9 Å². The predicted molar refractivity (Wildman–Crippen MR) is 66.6 cm³/mol. The maximum absolute atomic E-state index is 12.7. The van der Waals surface area contributed by atoms with Gasteiger partial charge in [0.15, 0.2) is 0 Å². The standard InChI is InChI=1S/C13H11F6NO3/c1-2-9(20-11(22)23)10(21)6-3-7(12(14,15)16)5-8(4-6)13(17,18)19/h2-5,9-10,20-21H,1H2,(H,22,23). The molecule has 10 heteroatoms. The SMILES string of the molecule is C=CC(NC(=O)O)C(O)c1cc(C(F)(F)F)cc(C(F)(F)F)c1. The highest BCUT2D eigenvalue weighted by atomic mass is 19.4. The van der Waals surface area contributed by atoms with Crippen LogP contribution in [0.5, 0.6) is 0 Å². The van der Waals surface area contributed by atoms with Crippen molar-refractivity contribution in [3.63, 3.8) is 0 Å². The summed E-state index contributed by atoms with van der Waals surface area (Å²) in [6.07, 6.45) is -12.9. The van der Waals surface area contributed by atoms with Gasteiger partial charge in [0.1, 0.15) is 6.10 Å². The number of rotatable bonds is 4. The van der Waals surface area contributed by atoms with E-state index in [9.17, 15) is 36.2 Å². The van der Waals surface area contributed by atoms with Crippen molar-refractivity contribution in [1.29, 1.82) is 0 Å². The molecule has 0 spiro atoms. The van der Waals surface area contributed by atoms with Crippen LogP contribution < -0.4 is 5.32 Å². The number of carbonyl (C=O) groups is 1. The normalized spacial score (nSPS) is 14.9. The highest BCUT2D eigenvalue weighted by Crippen LogP contribution is 2.37. The van der Waals surface area contributed by atoms with E-state index in [1.807, 2.05) is 0 Å². The Morgan fingerprint density at radius 2 is 1.52 bits per heavy atom. The van der Waals surface area contributed by atoms with Crippen LogP contribution in [0.1, 0.15) is 22.8 Å². The van der Waals surface area contributed by atoms with Gasteiger partial charge in [0, 0.05) is 0 Å². The summed E-state index contributed by atoms with van der Waals surface area (Å²) < 4.78 is 76.3. The van der Waals surface area contributed by atoms with Gasteiger partial charge in [0.05, 0.1) is 17.2 Å². The van der Waals surface area contributed by atoms with Crippen LogP contribution in [0.3, 0.4) is 0 Å². The van der Waals surface area contributed by atoms with E-state index in [1.165, 1.54) is 0 Å². The Kier molecular flexibility index (Phi) is 5.31. The van der Waals surface area contributed by atoms with Crippen LogP contribution in [0, 0.1) is 0 Å². The third kappa shape index (κ3) is 4.88. The molecular weight excluding hydrogens is 332 g/mol. The summed E-state index contributed by atoms with van der Waals surface area (Å²) in [4.78, 5) is 10.5. The summed E-state index contributed by atoms with van der Waals surface area (Å²) in [5.41, 5.74) is -3.97. The van der Waals surface area contributed by atoms with Gasteiger partial charge in [-0.3, -0.25) is 0 Å². The van der Waals surface area contributed by atoms with Crippen molar-refractivity contribution in [3.05, 3.63) is 47.5 Å². The van der Waals surface area contributed by atoms with Gasteiger partial charge in [0.25, 0.3) is 0 Å². The molecule has 1 rings (SSSR count).